The molecule has 3 aromatic carbocycles. The summed E-state index contributed by atoms with van der Waals surface area (Å²) in [6.45, 7) is -0.379. The molecule has 0 aromatic heterocycles. The average Bonchev–Trinajstić information content (AvgIpc) is 2.82. The first kappa shape index (κ1) is 21.7. The number of nitrogens with one attached hydrogen (secondary N) is 1. The molecule has 0 heterocycles. The van der Waals surface area contributed by atoms with Crippen LogP contribution in [0.1, 0.15) is 11.7 Å². The summed E-state index contributed by atoms with van der Waals surface area (Å²) in [4.78, 5) is 25.4. The molecule has 0 radical (unpaired) electrons. The Morgan fingerprint density at radius 3 is 2.26 bits per heavy atom. The average molecular weight is 421 g/mol. The molecule has 0 aliphatic heterocycles. The maximum absolute atomic E-state index is 12.9. The minimum atomic E-state index is -1.15. The van der Waals surface area contributed by atoms with Gasteiger partial charge in [0.25, 0.3) is 5.91 Å². The van der Waals surface area contributed by atoms with Crippen molar-refractivity contribution in [3.8, 4) is 17.2 Å². The minimum Gasteiger partial charge on any atom is -0.497 e. The van der Waals surface area contributed by atoms with Gasteiger partial charge in [-0.15, -0.1) is 0 Å². The molecule has 0 aliphatic carbocycles. The molecule has 3 aromatic rings. The monoisotopic (exact) mass is 421 g/mol. The number of benzene rings is 3. The number of carbonyl (C=O) groups excluding carboxylic acids is 2. The van der Waals surface area contributed by atoms with Gasteiger partial charge < -0.3 is 24.3 Å². The Morgan fingerprint density at radius 1 is 0.839 bits per heavy atom. The Morgan fingerprint density at radius 2 is 1.55 bits per heavy atom. The maximum atomic E-state index is 12.9. The van der Waals surface area contributed by atoms with Crippen LogP contribution in [-0.2, 0) is 14.3 Å². The quantitative estimate of drug-likeness (QED) is 0.526. The van der Waals surface area contributed by atoms with Gasteiger partial charge in [-0.05, 0) is 24.3 Å². The number of amides is 1. The van der Waals surface area contributed by atoms with Gasteiger partial charge in [0.05, 0.1) is 14.2 Å². The van der Waals surface area contributed by atoms with Gasteiger partial charge in [-0.3, -0.25) is 4.79 Å². The van der Waals surface area contributed by atoms with E-state index in [0.29, 0.717) is 28.5 Å². The third kappa shape index (κ3) is 5.99. The van der Waals surface area contributed by atoms with Crippen LogP contribution in [0.15, 0.2) is 78.9 Å². The second-order valence-electron chi connectivity index (χ2n) is 6.44. The van der Waals surface area contributed by atoms with Crippen molar-refractivity contribution < 1.29 is 28.5 Å². The third-order valence-corrected chi connectivity index (χ3v) is 4.34. The molecule has 0 saturated carbocycles. The number of esters is 1. The van der Waals surface area contributed by atoms with Gasteiger partial charge in [0.15, 0.2) is 18.1 Å². The summed E-state index contributed by atoms with van der Waals surface area (Å²) in [5.74, 6) is 0.298. The first-order valence-corrected chi connectivity index (χ1v) is 9.56. The normalized spacial score (nSPS) is 11.2. The predicted octanol–water partition coefficient (Wildman–Crippen LogP) is 4.01. The van der Waals surface area contributed by atoms with E-state index in [9.17, 15) is 9.59 Å². The second-order valence-corrected chi connectivity index (χ2v) is 6.44. The lowest BCUT2D eigenvalue weighted by molar-refractivity contribution is -0.156. The van der Waals surface area contributed by atoms with Crippen molar-refractivity contribution in [3.63, 3.8) is 0 Å². The van der Waals surface area contributed by atoms with Gasteiger partial charge in [-0.1, -0.05) is 48.5 Å². The van der Waals surface area contributed by atoms with Crippen LogP contribution >= 0.6 is 0 Å². The number of ether oxygens (including phenoxy) is 4. The molecule has 3 rings (SSSR count). The first-order valence-electron chi connectivity index (χ1n) is 9.56. The fourth-order valence-corrected chi connectivity index (χ4v) is 2.85. The topological polar surface area (TPSA) is 83.1 Å². The lowest BCUT2D eigenvalue weighted by atomic mass is 10.1. The molecule has 7 heteroatoms. The van der Waals surface area contributed by atoms with Crippen molar-refractivity contribution >= 4 is 17.6 Å². The number of para-hydroxylation sites is 2. The number of hydrogen-bond donors (Lipinski definition) is 1. The summed E-state index contributed by atoms with van der Waals surface area (Å²) in [7, 11) is 3.05. The van der Waals surface area contributed by atoms with E-state index in [2.05, 4.69) is 5.32 Å². The Labute approximate surface area is 180 Å². The van der Waals surface area contributed by atoms with Crippen molar-refractivity contribution in [1.29, 1.82) is 0 Å². The molecular weight excluding hydrogens is 398 g/mol. The first-order chi connectivity index (χ1) is 15.1. The zero-order valence-corrected chi connectivity index (χ0v) is 17.2. The molecule has 160 valence electrons. The van der Waals surface area contributed by atoms with Crippen LogP contribution in [0, 0.1) is 0 Å². The van der Waals surface area contributed by atoms with E-state index in [4.69, 9.17) is 18.9 Å². The molecule has 0 aliphatic rings. The van der Waals surface area contributed by atoms with Crippen LogP contribution in [0.4, 0.5) is 5.69 Å². The van der Waals surface area contributed by atoms with E-state index in [1.54, 1.807) is 72.8 Å². The van der Waals surface area contributed by atoms with Gasteiger partial charge >= 0.3 is 5.97 Å². The molecule has 0 unspecified atom stereocenters. The highest BCUT2D eigenvalue weighted by Crippen LogP contribution is 2.26. The Kier molecular flexibility index (Phi) is 7.48. The SMILES string of the molecule is COc1cccc(NC(=O)[C@H](OC(=O)COc2ccccc2OC)c2ccccc2)c1. The highest BCUT2D eigenvalue weighted by molar-refractivity contribution is 5.96. The van der Waals surface area contributed by atoms with Gasteiger partial charge in [0.2, 0.25) is 6.10 Å². The lowest BCUT2D eigenvalue weighted by Gasteiger charge is -2.18. The van der Waals surface area contributed by atoms with Crippen LogP contribution in [0.25, 0.3) is 0 Å². The Bertz CT molecular complexity index is 1020. The van der Waals surface area contributed by atoms with Gasteiger partial charge in [0.1, 0.15) is 5.75 Å². The fourth-order valence-electron chi connectivity index (χ4n) is 2.85. The molecular formula is C24H23NO6. The zero-order chi connectivity index (χ0) is 22.1. The van der Waals surface area contributed by atoms with E-state index >= 15 is 0 Å². The summed E-state index contributed by atoms with van der Waals surface area (Å²) in [6, 6.07) is 22.6. The van der Waals surface area contributed by atoms with Crippen LogP contribution in [-0.4, -0.2) is 32.7 Å². The number of carbonyl (C=O) groups is 2. The largest absolute Gasteiger partial charge is 0.497 e. The summed E-state index contributed by atoms with van der Waals surface area (Å²) in [6.07, 6.45) is -1.15. The zero-order valence-electron chi connectivity index (χ0n) is 17.2. The summed E-state index contributed by atoms with van der Waals surface area (Å²) >= 11 is 0. The molecule has 0 bridgehead atoms. The van der Waals surface area contributed by atoms with Crippen molar-refractivity contribution in [2.75, 3.05) is 26.1 Å². The summed E-state index contributed by atoms with van der Waals surface area (Å²) in [5, 5.41) is 2.76. The van der Waals surface area contributed by atoms with Crippen molar-refractivity contribution in [1.82, 2.24) is 0 Å². The molecule has 1 N–H and O–H groups in total. The molecule has 7 nitrogen and oxygen atoms in total. The van der Waals surface area contributed by atoms with E-state index < -0.39 is 18.0 Å². The highest BCUT2D eigenvalue weighted by Gasteiger charge is 2.25. The third-order valence-electron chi connectivity index (χ3n) is 4.34. The molecule has 0 saturated heterocycles. The van der Waals surface area contributed by atoms with E-state index in [1.165, 1.54) is 14.2 Å². The van der Waals surface area contributed by atoms with Crippen molar-refractivity contribution in [2.24, 2.45) is 0 Å². The van der Waals surface area contributed by atoms with Crippen LogP contribution in [0.2, 0.25) is 0 Å². The van der Waals surface area contributed by atoms with E-state index in [1.807, 2.05) is 6.07 Å². The fraction of sp³-hybridized carbons (Fsp3) is 0.167. The maximum Gasteiger partial charge on any atom is 0.345 e. The summed E-state index contributed by atoms with van der Waals surface area (Å²) in [5.41, 5.74) is 1.06. The molecule has 0 spiro atoms. The van der Waals surface area contributed by atoms with Crippen LogP contribution < -0.4 is 19.5 Å². The van der Waals surface area contributed by atoms with Crippen LogP contribution in [0.3, 0.4) is 0 Å². The van der Waals surface area contributed by atoms with Gasteiger partial charge in [-0.25, -0.2) is 4.79 Å². The van der Waals surface area contributed by atoms with Crippen molar-refractivity contribution in [3.05, 3.63) is 84.4 Å². The highest BCUT2D eigenvalue weighted by atomic mass is 16.6. The Balaban J connectivity index is 1.71. The number of hydrogen-bond acceptors (Lipinski definition) is 6. The smallest absolute Gasteiger partial charge is 0.345 e. The van der Waals surface area contributed by atoms with Crippen LogP contribution in [0.5, 0.6) is 17.2 Å². The second kappa shape index (κ2) is 10.7. The molecule has 1 amide bonds. The number of rotatable bonds is 9. The number of methoxy groups -OCH3 is 2. The van der Waals surface area contributed by atoms with Crippen molar-refractivity contribution in [2.45, 2.75) is 6.10 Å². The predicted molar refractivity (Wildman–Crippen MR) is 115 cm³/mol. The summed E-state index contributed by atoms with van der Waals surface area (Å²) < 4.78 is 21.4. The molecule has 0 fully saturated rings. The molecule has 31 heavy (non-hydrogen) atoms. The molecule has 1 atom stereocenters. The van der Waals surface area contributed by atoms with Gasteiger partial charge in [-0.2, -0.15) is 0 Å². The van der Waals surface area contributed by atoms with Gasteiger partial charge in [0, 0.05) is 17.3 Å². The number of anilines is 1. The minimum absolute atomic E-state index is 0.379. The van der Waals surface area contributed by atoms with E-state index in [-0.39, 0.29) is 6.61 Å². The Hall–Kier alpha value is -4.00. The lowest BCUT2D eigenvalue weighted by Crippen LogP contribution is -2.28. The standard InChI is InChI=1S/C24H23NO6/c1-28-19-12-8-11-18(15-19)25-24(27)23(17-9-4-3-5-10-17)31-22(26)16-30-21-14-7-6-13-20(21)29-2/h3-15,23H,16H2,1-2H3,(H,25,27)/t23-/m1/s1. The van der Waals surface area contributed by atoms with E-state index in [0.717, 1.165) is 0 Å².